The highest BCUT2D eigenvalue weighted by atomic mass is 15.3. The van der Waals surface area contributed by atoms with Crippen LogP contribution < -0.4 is 4.90 Å². The molecular weight excluding hydrogens is 286 g/mol. The van der Waals surface area contributed by atoms with Crippen LogP contribution in [-0.2, 0) is 7.05 Å². The van der Waals surface area contributed by atoms with Crippen LogP contribution in [0.1, 0.15) is 67.1 Å². The number of nitrogens with zero attached hydrogens (tertiary/aromatic N) is 5. The van der Waals surface area contributed by atoms with Crippen molar-refractivity contribution < 1.29 is 0 Å². The van der Waals surface area contributed by atoms with Crippen LogP contribution in [0.2, 0.25) is 0 Å². The van der Waals surface area contributed by atoms with E-state index in [1.165, 1.54) is 17.7 Å². The molecule has 1 fully saturated rings. The highest BCUT2D eigenvalue weighted by Gasteiger charge is 2.31. The third kappa shape index (κ3) is 2.84. The molecule has 23 heavy (non-hydrogen) atoms. The molecule has 124 valence electrons. The Labute approximate surface area is 138 Å². The number of rotatable bonds is 3. The van der Waals surface area contributed by atoms with Gasteiger partial charge in [-0.05, 0) is 33.6 Å². The standard InChI is InChI=1S/C18H27N5/c1-11(2)18-19-12(3)10-16(20-18)23-9-7-8-15(23)17-13(4)21-22(6)14(17)5/h10-11,15H,7-9H2,1-6H3. The molecule has 3 heterocycles. The zero-order valence-corrected chi connectivity index (χ0v) is 15.1. The van der Waals surface area contributed by atoms with E-state index in [2.05, 4.69) is 55.7 Å². The van der Waals surface area contributed by atoms with Crippen LogP contribution in [-0.4, -0.2) is 26.3 Å². The fourth-order valence-electron chi connectivity index (χ4n) is 3.59. The van der Waals surface area contributed by atoms with E-state index < -0.39 is 0 Å². The van der Waals surface area contributed by atoms with Gasteiger partial charge in [0.1, 0.15) is 11.6 Å². The number of hydrogen-bond donors (Lipinski definition) is 0. The van der Waals surface area contributed by atoms with E-state index in [-0.39, 0.29) is 0 Å². The summed E-state index contributed by atoms with van der Waals surface area (Å²) in [6, 6.07) is 2.49. The first-order valence-electron chi connectivity index (χ1n) is 8.50. The van der Waals surface area contributed by atoms with Gasteiger partial charge in [0.25, 0.3) is 0 Å². The van der Waals surface area contributed by atoms with Crippen LogP contribution in [0.25, 0.3) is 0 Å². The van der Waals surface area contributed by atoms with Crippen molar-refractivity contribution in [1.29, 1.82) is 0 Å². The first kappa shape index (κ1) is 16.0. The molecule has 0 amide bonds. The van der Waals surface area contributed by atoms with Crippen LogP contribution in [0.4, 0.5) is 5.82 Å². The Kier molecular flexibility index (Phi) is 4.13. The topological polar surface area (TPSA) is 46.8 Å². The third-order valence-corrected chi connectivity index (χ3v) is 4.82. The first-order chi connectivity index (χ1) is 10.9. The zero-order chi connectivity index (χ0) is 16.7. The Morgan fingerprint density at radius 1 is 1.17 bits per heavy atom. The highest BCUT2D eigenvalue weighted by Crippen LogP contribution is 2.38. The monoisotopic (exact) mass is 313 g/mol. The Morgan fingerprint density at radius 3 is 2.52 bits per heavy atom. The van der Waals surface area contributed by atoms with Gasteiger partial charge in [-0.2, -0.15) is 5.10 Å². The highest BCUT2D eigenvalue weighted by molar-refractivity contribution is 5.47. The average molecular weight is 313 g/mol. The van der Waals surface area contributed by atoms with E-state index in [1.54, 1.807) is 0 Å². The second kappa shape index (κ2) is 5.95. The fourth-order valence-corrected chi connectivity index (χ4v) is 3.59. The molecule has 1 aliphatic heterocycles. The Hall–Kier alpha value is -1.91. The van der Waals surface area contributed by atoms with Crippen molar-refractivity contribution in [3.05, 3.63) is 34.5 Å². The summed E-state index contributed by atoms with van der Waals surface area (Å²) in [4.78, 5) is 11.9. The van der Waals surface area contributed by atoms with Crippen molar-refractivity contribution in [2.75, 3.05) is 11.4 Å². The SMILES string of the molecule is Cc1cc(N2CCCC2c2c(C)nn(C)c2C)nc(C(C)C)n1. The maximum atomic E-state index is 4.84. The first-order valence-corrected chi connectivity index (χ1v) is 8.50. The molecule has 5 nitrogen and oxygen atoms in total. The molecule has 1 aliphatic rings. The maximum Gasteiger partial charge on any atom is 0.133 e. The van der Waals surface area contributed by atoms with E-state index in [0.29, 0.717) is 12.0 Å². The molecule has 3 rings (SSSR count). The smallest absolute Gasteiger partial charge is 0.133 e. The minimum atomic E-state index is 0.344. The third-order valence-electron chi connectivity index (χ3n) is 4.82. The van der Waals surface area contributed by atoms with Gasteiger partial charge in [0.15, 0.2) is 0 Å². The molecule has 0 saturated carbocycles. The lowest BCUT2D eigenvalue weighted by molar-refractivity contribution is 0.683. The van der Waals surface area contributed by atoms with Crippen LogP contribution in [0, 0.1) is 20.8 Å². The Bertz CT molecular complexity index is 716. The van der Waals surface area contributed by atoms with Crippen molar-refractivity contribution in [3.8, 4) is 0 Å². The quantitative estimate of drug-likeness (QED) is 0.868. The lowest BCUT2D eigenvalue weighted by atomic mass is 10.0. The second-order valence-corrected chi connectivity index (χ2v) is 6.94. The van der Waals surface area contributed by atoms with Crippen LogP contribution in [0.5, 0.6) is 0 Å². The van der Waals surface area contributed by atoms with Crippen molar-refractivity contribution >= 4 is 5.82 Å². The summed E-state index contributed by atoms with van der Waals surface area (Å²) in [5, 5.41) is 4.60. The van der Waals surface area contributed by atoms with E-state index in [9.17, 15) is 0 Å². The largest absolute Gasteiger partial charge is 0.349 e. The summed E-state index contributed by atoms with van der Waals surface area (Å²) in [5.74, 6) is 2.34. The van der Waals surface area contributed by atoms with Gasteiger partial charge in [-0.1, -0.05) is 13.8 Å². The predicted octanol–water partition coefficient (Wildman–Crippen LogP) is 3.60. The lowest BCUT2D eigenvalue weighted by Crippen LogP contribution is -2.25. The van der Waals surface area contributed by atoms with E-state index in [1.807, 2.05) is 11.7 Å². The molecule has 0 radical (unpaired) electrons. The summed E-state index contributed by atoms with van der Waals surface area (Å²) in [6.07, 6.45) is 2.35. The Morgan fingerprint density at radius 2 is 1.91 bits per heavy atom. The summed E-state index contributed by atoms with van der Waals surface area (Å²) in [5.41, 5.74) is 4.81. The van der Waals surface area contributed by atoms with Crippen LogP contribution in [0.3, 0.4) is 0 Å². The predicted molar refractivity (Wildman–Crippen MR) is 92.9 cm³/mol. The van der Waals surface area contributed by atoms with Crippen molar-refractivity contribution in [1.82, 2.24) is 19.7 Å². The van der Waals surface area contributed by atoms with Gasteiger partial charge < -0.3 is 4.90 Å². The number of aryl methyl sites for hydroxylation is 3. The molecule has 0 aliphatic carbocycles. The molecule has 0 aromatic carbocycles. The zero-order valence-electron chi connectivity index (χ0n) is 15.1. The van der Waals surface area contributed by atoms with Crippen molar-refractivity contribution in [3.63, 3.8) is 0 Å². The lowest BCUT2D eigenvalue weighted by Gasteiger charge is -2.27. The molecule has 5 heteroatoms. The molecule has 2 aromatic rings. The molecule has 1 unspecified atom stereocenters. The van der Waals surface area contributed by atoms with Crippen molar-refractivity contribution in [2.24, 2.45) is 7.05 Å². The van der Waals surface area contributed by atoms with Gasteiger partial charge in [-0.15, -0.1) is 0 Å². The second-order valence-electron chi connectivity index (χ2n) is 6.94. The summed E-state index contributed by atoms with van der Waals surface area (Å²) in [6.45, 7) is 11.7. The molecule has 0 spiro atoms. The summed E-state index contributed by atoms with van der Waals surface area (Å²) < 4.78 is 1.99. The van der Waals surface area contributed by atoms with E-state index in [0.717, 1.165) is 36.0 Å². The van der Waals surface area contributed by atoms with Crippen LogP contribution >= 0.6 is 0 Å². The van der Waals surface area contributed by atoms with Crippen LogP contribution in [0.15, 0.2) is 6.07 Å². The number of anilines is 1. The minimum Gasteiger partial charge on any atom is -0.349 e. The summed E-state index contributed by atoms with van der Waals surface area (Å²) >= 11 is 0. The number of aromatic nitrogens is 4. The summed E-state index contributed by atoms with van der Waals surface area (Å²) in [7, 11) is 2.02. The van der Waals surface area contributed by atoms with Gasteiger partial charge >= 0.3 is 0 Å². The minimum absolute atomic E-state index is 0.344. The maximum absolute atomic E-state index is 4.84. The van der Waals surface area contributed by atoms with Gasteiger partial charge in [0, 0.05) is 42.5 Å². The Balaban J connectivity index is 2.02. The molecule has 1 atom stereocenters. The molecule has 2 aromatic heterocycles. The average Bonchev–Trinajstić information content (AvgIpc) is 3.04. The van der Waals surface area contributed by atoms with Gasteiger partial charge in [0.05, 0.1) is 11.7 Å². The van der Waals surface area contributed by atoms with E-state index >= 15 is 0 Å². The molecular formula is C18H27N5. The molecule has 0 N–H and O–H groups in total. The molecule has 0 bridgehead atoms. The van der Waals surface area contributed by atoms with Crippen molar-refractivity contribution in [2.45, 2.75) is 59.4 Å². The van der Waals surface area contributed by atoms with Gasteiger partial charge in [-0.3, -0.25) is 4.68 Å². The fraction of sp³-hybridized carbons (Fsp3) is 0.611. The number of hydrogen-bond acceptors (Lipinski definition) is 4. The normalized spacial score (nSPS) is 18.2. The van der Waals surface area contributed by atoms with Gasteiger partial charge in [0.2, 0.25) is 0 Å². The van der Waals surface area contributed by atoms with E-state index in [4.69, 9.17) is 4.98 Å². The van der Waals surface area contributed by atoms with Gasteiger partial charge in [-0.25, -0.2) is 9.97 Å². The molecule has 1 saturated heterocycles.